The van der Waals surface area contributed by atoms with Gasteiger partial charge in [0.2, 0.25) is 0 Å². The monoisotopic (exact) mass is 355 g/mol. The molecule has 2 heterocycles. The third-order valence-corrected chi connectivity index (χ3v) is 4.41. The van der Waals surface area contributed by atoms with E-state index in [9.17, 15) is 14.9 Å². The zero-order valence-corrected chi connectivity index (χ0v) is 14.0. The Morgan fingerprint density at radius 3 is 2.52 bits per heavy atom. The van der Waals surface area contributed by atoms with E-state index in [0.717, 1.165) is 0 Å². The molecule has 1 amide bonds. The molecule has 130 valence electrons. The predicted molar refractivity (Wildman–Crippen MR) is 104 cm³/mol. The van der Waals surface area contributed by atoms with E-state index < -0.39 is 4.92 Å². The number of carbonyl (C=O) groups is 1. The van der Waals surface area contributed by atoms with Crippen molar-refractivity contribution in [3.05, 3.63) is 82.2 Å². The highest BCUT2D eigenvalue weighted by atomic mass is 16.6. The maximum absolute atomic E-state index is 12.5. The van der Waals surface area contributed by atoms with Crippen molar-refractivity contribution in [1.29, 1.82) is 0 Å². The van der Waals surface area contributed by atoms with Gasteiger partial charge in [0.1, 0.15) is 0 Å². The third-order valence-electron chi connectivity index (χ3n) is 4.41. The molecule has 0 atom stereocenters. The van der Waals surface area contributed by atoms with E-state index in [1.165, 1.54) is 6.07 Å². The average molecular weight is 355 g/mol. The van der Waals surface area contributed by atoms with Crippen molar-refractivity contribution in [2.75, 3.05) is 5.32 Å². The van der Waals surface area contributed by atoms with E-state index in [1.54, 1.807) is 53.5 Å². The number of fused-ring (bicyclic) bond motifs is 1. The molecule has 3 aromatic rings. The molecule has 0 fully saturated rings. The van der Waals surface area contributed by atoms with Crippen LogP contribution in [-0.4, -0.2) is 15.4 Å². The molecular weight excluding hydrogens is 342 g/mol. The number of amides is 1. The fourth-order valence-electron chi connectivity index (χ4n) is 3.23. The minimum Gasteiger partial charge on any atom is -0.330 e. The summed E-state index contributed by atoms with van der Waals surface area (Å²) in [5.41, 5.74) is 2.94. The van der Waals surface area contributed by atoms with Crippen LogP contribution in [0.3, 0.4) is 0 Å². The van der Waals surface area contributed by atoms with E-state index in [-0.39, 0.29) is 11.6 Å². The van der Waals surface area contributed by atoms with Crippen LogP contribution in [0.15, 0.2) is 60.9 Å². The normalized spacial score (nSPS) is 13.9. The number of hydrogen-bond acceptors (Lipinski definition) is 3. The maximum Gasteiger partial charge on any atom is 0.277 e. The number of nitrogens with zero attached hydrogens (tertiary/aromatic N) is 2. The first-order chi connectivity index (χ1) is 13.1. The first kappa shape index (κ1) is 16.4. The highest BCUT2D eigenvalue weighted by Gasteiger charge is 2.29. The van der Waals surface area contributed by atoms with Crippen molar-refractivity contribution in [1.82, 2.24) is 4.57 Å². The van der Waals surface area contributed by atoms with Gasteiger partial charge in [-0.1, -0.05) is 24.1 Å². The van der Waals surface area contributed by atoms with Crippen LogP contribution in [0.25, 0.3) is 22.9 Å². The Morgan fingerprint density at radius 2 is 1.81 bits per heavy atom. The minimum absolute atomic E-state index is 0.0397. The molecule has 0 bridgehead atoms. The quantitative estimate of drug-likeness (QED) is 0.334. The Bertz CT molecular complexity index is 1150. The van der Waals surface area contributed by atoms with E-state index in [1.807, 2.05) is 12.1 Å². The van der Waals surface area contributed by atoms with Gasteiger partial charge in [0.15, 0.2) is 0 Å². The fourth-order valence-corrected chi connectivity index (χ4v) is 3.23. The average Bonchev–Trinajstić information content (AvgIpc) is 3.29. The van der Waals surface area contributed by atoms with Crippen LogP contribution in [0, 0.1) is 22.5 Å². The molecule has 1 N–H and O–H groups in total. The summed E-state index contributed by atoms with van der Waals surface area (Å²) in [7, 11) is 0. The summed E-state index contributed by atoms with van der Waals surface area (Å²) in [6, 6.07) is 13.5. The van der Waals surface area contributed by atoms with Gasteiger partial charge in [0, 0.05) is 41.4 Å². The van der Waals surface area contributed by atoms with Crippen molar-refractivity contribution < 1.29 is 9.72 Å². The number of aromatic nitrogens is 1. The van der Waals surface area contributed by atoms with Gasteiger partial charge in [-0.3, -0.25) is 14.9 Å². The smallest absolute Gasteiger partial charge is 0.277 e. The summed E-state index contributed by atoms with van der Waals surface area (Å²) in [5.74, 6) is 2.36. The second kappa shape index (κ2) is 6.32. The molecule has 6 heteroatoms. The molecule has 6 nitrogen and oxygen atoms in total. The fraction of sp³-hybridized carbons (Fsp3) is 0. The maximum atomic E-state index is 12.5. The summed E-state index contributed by atoms with van der Waals surface area (Å²) >= 11 is 0. The Kier molecular flexibility index (Phi) is 3.83. The van der Waals surface area contributed by atoms with Gasteiger partial charge < -0.3 is 9.88 Å². The molecule has 0 spiro atoms. The summed E-state index contributed by atoms with van der Waals surface area (Å²) in [5, 5.41) is 14.2. The van der Waals surface area contributed by atoms with Gasteiger partial charge >= 0.3 is 0 Å². The third kappa shape index (κ3) is 2.68. The number of nitro benzene ring substituents is 1. The number of anilines is 1. The number of nitrogens with one attached hydrogen (secondary N) is 1. The Morgan fingerprint density at radius 1 is 1.07 bits per heavy atom. The van der Waals surface area contributed by atoms with Crippen molar-refractivity contribution in [2.45, 2.75) is 0 Å². The van der Waals surface area contributed by atoms with Crippen molar-refractivity contribution in [3.8, 4) is 23.5 Å². The molecule has 0 radical (unpaired) electrons. The largest absolute Gasteiger partial charge is 0.330 e. The van der Waals surface area contributed by atoms with Gasteiger partial charge in [0.25, 0.3) is 11.6 Å². The Hall–Kier alpha value is -4.11. The molecular formula is C21H13N3O3. The molecule has 27 heavy (non-hydrogen) atoms. The van der Waals surface area contributed by atoms with Crippen LogP contribution in [0.4, 0.5) is 11.4 Å². The number of terminal acetylenes is 1. The highest BCUT2D eigenvalue weighted by Crippen LogP contribution is 2.41. The van der Waals surface area contributed by atoms with Crippen LogP contribution in [-0.2, 0) is 4.79 Å². The zero-order chi connectivity index (χ0) is 19.0. The molecule has 0 saturated carbocycles. The van der Waals surface area contributed by atoms with Gasteiger partial charge in [-0.25, -0.2) is 0 Å². The summed E-state index contributed by atoms with van der Waals surface area (Å²) in [4.78, 5) is 23.5. The van der Waals surface area contributed by atoms with Crippen LogP contribution < -0.4 is 5.32 Å². The van der Waals surface area contributed by atoms with Gasteiger partial charge in [0.05, 0.1) is 21.7 Å². The molecule has 1 aliphatic heterocycles. The molecule has 0 aliphatic carbocycles. The predicted octanol–water partition coefficient (Wildman–Crippen LogP) is 3.99. The van der Waals surface area contributed by atoms with Crippen LogP contribution in [0.1, 0.15) is 11.1 Å². The molecule has 2 aromatic carbocycles. The molecule has 1 aromatic heterocycles. The number of nitro groups is 1. The number of benzene rings is 2. The number of hydrogen-bond donors (Lipinski definition) is 1. The first-order valence-electron chi connectivity index (χ1n) is 8.13. The lowest BCUT2D eigenvalue weighted by molar-refractivity contribution is -0.384. The molecule has 0 saturated heterocycles. The van der Waals surface area contributed by atoms with E-state index in [4.69, 9.17) is 6.42 Å². The second-order valence-corrected chi connectivity index (χ2v) is 5.96. The lowest BCUT2D eigenvalue weighted by Gasteiger charge is -2.11. The Labute approximate surface area is 154 Å². The van der Waals surface area contributed by atoms with E-state index in [0.29, 0.717) is 33.5 Å². The lowest BCUT2D eigenvalue weighted by Crippen LogP contribution is -2.04. The Balaban J connectivity index is 1.98. The standard InChI is InChI=1S/C21H13N3O3/c1-2-14-15(16-7-3-4-8-19(16)24(26)27)9-10-18-20(14)17(21(25)22-18)13-23-11-5-6-12-23/h1,3-13H,(H,22,25). The highest BCUT2D eigenvalue weighted by molar-refractivity contribution is 6.35. The van der Waals surface area contributed by atoms with Gasteiger partial charge in [-0.05, 0) is 24.3 Å². The first-order valence-corrected chi connectivity index (χ1v) is 8.13. The minimum atomic E-state index is -0.442. The van der Waals surface area contributed by atoms with Crippen molar-refractivity contribution in [3.63, 3.8) is 0 Å². The van der Waals surface area contributed by atoms with Crippen LogP contribution in [0.5, 0.6) is 0 Å². The van der Waals surface area contributed by atoms with Crippen molar-refractivity contribution in [2.24, 2.45) is 0 Å². The second-order valence-electron chi connectivity index (χ2n) is 5.96. The van der Waals surface area contributed by atoms with Crippen LogP contribution >= 0.6 is 0 Å². The van der Waals surface area contributed by atoms with Crippen molar-refractivity contribution >= 4 is 29.1 Å². The zero-order valence-electron chi connectivity index (χ0n) is 14.0. The van der Waals surface area contributed by atoms with Crippen LogP contribution in [0.2, 0.25) is 0 Å². The topological polar surface area (TPSA) is 77.2 Å². The molecule has 1 aliphatic rings. The lowest BCUT2D eigenvalue weighted by atomic mass is 9.91. The van der Waals surface area contributed by atoms with Gasteiger partial charge in [-0.15, -0.1) is 6.42 Å². The van der Waals surface area contributed by atoms with E-state index >= 15 is 0 Å². The summed E-state index contributed by atoms with van der Waals surface area (Å²) < 4.78 is 1.75. The molecule has 0 unspecified atom stereocenters. The summed E-state index contributed by atoms with van der Waals surface area (Å²) in [6.07, 6.45) is 11.1. The molecule has 4 rings (SSSR count). The SMILES string of the molecule is C#Cc1c(-c2ccccc2[N+](=O)[O-])ccc2c1C(=Cn1cccc1)C(=O)N2. The van der Waals surface area contributed by atoms with E-state index in [2.05, 4.69) is 11.2 Å². The number of carbonyl (C=O) groups excluding carboxylic acids is 1. The number of rotatable bonds is 3. The number of para-hydroxylation sites is 1. The van der Waals surface area contributed by atoms with Gasteiger partial charge in [-0.2, -0.15) is 0 Å². The summed E-state index contributed by atoms with van der Waals surface area (Å²) in [6.45, 7) is 0.